The van der Waals surface area contributed by atoms with Gasteiger partial charge in [0.2, 0.25) is 0 Å². The Bertz CT molecular complexity index is 766. The molecular weight excluding hydrogens is 300 g/mol. The normalized spacial score (nSPS) is 17.5. The highest BCUT2D eigenvalue weighted by atomic mass is 16.2. The zero-order valence-electron chi connectivity index (χ0n) is 13.6. The molecule has 4 rings (SSSR count). The van der Waals surface area contributed by atoms with Crippen LogP contribution in [0.25, 0.3) is 0 Å². The number of amides is 1. The van der Waals surface area contributed by atoms with Gasteiger partial charge in [0.05, 0.1) is 12.1 Å². The van der Waals surface area contributed by atoms with Crippen LogP contribution in [0.2, 0.25) is 0 Å². The minimum atomic E-state index is -0.0000926. The monoisotopic (exact) mass is 320 g/mol. The van der Waals surface area contributed by atoms with Crippen LogP contribution in [-0.4, -0.2) is 46.2 Å². The van der Waals surface area contributed by atoms with Crippen LogP contribution in [0.1, 0.15) is 28.8 Å². The highest BCUT2D eigenvalue weighted by molar-refractivity contribution is 6.03. The largest absolute Gasteiger partial charge is 0.358 e. The Morgan fingerprint density at radius 3 is 2.58 bits per heavy atom. The van der Waals surface area contributed by atoms with E-state index in [1.54, 1.807) is 12.3 Å². The first kappa shape index (κ1) is 14.9. The minimum Gasteiger partial charge on any atom is -0.358 e. The van der Waals surface area contributed by atoms with E-state index in [9.17, 15) is 4.79 Å². The smallest absolute Gasteiger partial charge is 0.258 e. The third-order valence-corrected chi connectivity index (χ3v) is 4.56. The molecule has 0 spiro atoms. The summed E-state index contributed by atoms with van der Waals surface area (Å²) in [6.07, 6.45) is 4.06. The molecule has 1 aromatic carbocycles. The summed E-state index contributed by atoms with van der Waals surface area (Å²) in [4.78, 5) is 26.2. The number of benzene rings is 1. The fraction of sp³-hybridized carbons (Fsp3) is 0.316. The van der Waals surface area contributed by atoms with E-state index in [4.69, 9.17) is 4.99 Å². The lowest BCUT2D eigenvalue weighted by molar-refractivity contribution is 0.0768. The molecule has 5 nitrogen and oxygen atoms in total. The molecule has 0 aliphatic carbocycles. The van der Waals surface area contributed by atoms with Crippen LogP contribution in [0, 0.1) is 0 Å². The summed E-state index contributed by atoms with van der Waals surface area (Å²) in [5.41, 5.74) is 1.71. The van der Waals surface area contributed by atoms with Gasteiger partial charge < -0.3 is 9.80 Å². The number of fused-ring (bicyclic) bond motifs is 1. The Balaban J connectivity index is 1.70. The summed E-state index contributed by atoms with van der Waals surface area (Å²) in [6.45, 7) is 3.13. The molecule has 2 aliphatic rings. The Morgan fingerprint density at radius 1 is 1.00 bits per heavy atom. The maximum absolute atomic E-state index is 13.0. The average Bonchev–Trinajstić information content (AvgIpc) is 3.11. The van der Waals surface area contributed by atoms with Crippen LogP contribution in [-0.2, 0) is 6.54 Å². The number of amidine groups is 1. The molecule has 0 bridgehead atoms. The number of likely N-dealkylation sites (tertiary alicyclic amines) is 1. The Labute approximate surface area is 141 Å². The summed E-state index contributed by atoms with van der Waals surface area (Å²) in [6, 6.07) is 13.7. The standard InChI is InChI=1S/C19H20N4O/c24-19-16-9-6-10-20-18(16)21-17(22-11-4-5-12-22)14-23(19)13-15-7-2-1-3-8-15/h1-3,6-10H,4-5,11-14H2. The molecule has 5 heteroatoms. The number of hydrogen-bond donors (Lipinski definition) is 0. The Kier molecular flexibility index (Phi) is 3.99. The van der Waals surface area contributed by atoms with Crippen molar-refractivity contribution >= 4 is 17.6 Å². The molecule has 0 radical (unpaired) electrons. The van der Waals surface area contributed by atoms with E-state index in [0.29, 0.717) is 24.5 Å². The fourth-order valence-electron chi connectivity index (χ4n) is 3.30. The number of aliphatic imine (C=N–C) groups is 1. The zero-order chi connectivity index (χ0) is 16.4. The van der Waals surface area contributed by atoms with Gasteiger partial charge in [-0.15, -0.1) is 0 Å². The van der Waals surface area contributed by atoms with Crippen molar-refractivity contribution in [3.05, 3.63) is 59.8 Å². The van der Waals surface area contributed by atoms with E-state index >= 15 is 0 Å². The van der Waals surface area contributed by atoms with Crippen molar-refractivity contribution in [3.8, 4) is 0 Å². The van der Waals surface area contributed by atoms with Crippen LogP contribution >= 0.6 is 0 Å². The number of carbonyl (C=O) groups is 1. The Hall–Kier alpha value is -2.69. The van der Waals surface area contributed by atoms with Crippen molar-refractivity contribution in [2.24, 2.45) is 4.99 Å². The van der Waals surface area contributed by atoms with Crippen LogP contribution in [0.3, 0.4) is 0 Å². The first-order valence-electron chi connectivity index (χ1n) is 8.42. The van der Waals surface area contributed by atoms with Crippen LogP contribution < -0.4 is 0 Å². The third kappa shape index (κ3) is 2.89. The van der Waals surface area contributed by atoms with Crippen molar-refractivity contribution in [2.75, 3.05) is 19.6 Å². The molecule has 0 saturated carbocycles. The zero-order valence-corrected chi connectivity index (χ0v) is 13.6. The molecule has 24 heavy (non-hydrogen) atoms. The van der Waals surface area contributed by atoms with Gasteiger partial charge in [0.15, 0.2) is 5.82 Å². The summed E-state index contributed by atoms with van der Waals surface area (Å²) >= 11 is 0. The maximum atomic E-state index is 13.0. The van der Waals surface area contributed by atoms with Crippen molar-refractivity contribution in [1.29, 1.82) is 0 Å². The summed E-state index contributed by atoms with van der Waals surface area (Å²) < 4.78 is 0. The van der Waals surface area contributed by atoms with E-state index in [0.717, 1.165) is 24.5 Å². The van der Waals surface area contributed by atoms with Gasteiger partial charge in [0.25, 0.3) is 5.91 Å². The van der Waals surface area contributed by atoms with E-state index in [-0.39, 0.29) is 5.91 Å². The summed E-state index contributed by atoms with van der Waals surface area (Å²) in [5.74, 6) is 1.49. The maximum Gasteiger partial charge on any atom is 0.258 e. The second kappa shape index (κ2) is 6.43. The number of rotatable bonds is 2. The fourth-order valence-corrected chi connectivity index (χ4v) is 3.30. The van der Waals surface area contributed by atoms with Gasteiger partial charge in [0.1, 0.15) is 5.84 Å². The SMILES string of the molecule is O=C1c2cccnc2N=C(N2CCCC2)CN1Cc1ccccc1. The van der Waals surface area contributed by atoms with Crippen LogP contribution in [0.15, 0.2) is 53.7 Å². The van der Waals surface area contributed by atoms with Gasteiger partial charge in [-0.1, -0.05) is 30.3 Å². The van der Waals surface area contributed by atoms with Crippen molar-refractivity contribution in [3.63, 3.8) is 0 Å². The lowest BCUT2D eigenvalue weighted by atomic mass is 10.2. The highest BCUT2D eigenvalue weighted by Gasteiger charge is 2.28. The first-order valence-corrected chi connectivity index (χ1v) is 8.42. The van der Waals surface area contributed by atoms with E-state index < -0.39 is 0 Å². The van der Waals surface area contributed by atoms with E-state index in [1.165, 1.54) is 12.8 Å². The number of pyridine rings is 1. The molecule has 1 fully saturated rings. The van der Waals surface area contributed by atoms with Crippen LogP contribution in [0.4, 0.5) is 5.82 Å². The second-order valence-corrected chi connectivity index (χ2v) is 6.24. The quantitative estimate of drug-likeness (QED) is 0.855. The summed E-state index contributed by atoms with van der Waals surface area (Å²) in [5, 5.41) is 0. The highest BCUT2D eigenvalue weighted by Crippen LogP contribution is 2.24. The molecular formula is C19H20N4O. The van der Waals surface area contributed by atoms with E-state index in [2.05, 4.69) is 22.0 Å². The van der Waals surface area contributed by atoms with Crippen molar-refractivity contribution in [2.45, 2.75) is 19.4 Å². The molecule has 0 unspecified atom stereocenters. The number of nitrogens with zero attached hydrogens (tertiary/aromatic N) is 4. The number of hydrogen-bond acceptors (Lipinski definition) is 4. The number of aromatic nitrogens is 1. The van der Waals surface area contributed by atoms with Crippen molar-refractivity contribution < 1.29 is 4.79 Å². The molecule has 0 atom stereocenters. The first-order chi connectivity index (χ1) is 11.8. The average molecular weight is 320 g/mol. The van der Waals surface area contributed by atoms with E-state index in [1.807, 2.05) is 29.2 Å². The lowest BCUT2D eigenvalue weighted by Crippen LogP contribution is -2.40. The predicted molar refractivity (Wildman–Crippen MR) is 93.3 cm³/mol. The molecule has 2 aliphatic heterocycles. The van der Waals surface area contributed by atoms with Gasteiger partial charge in [-0.05, 0) is 30.5 Å². The van der Waals surface area contributed by atoms with Gasteiger partial charge in [-0.2, -0.15) is 0 Å². The molecule has 3 heterocycles. The second-order valence-electron chi connectivity index (χ2n) is 6.24. The molecule has 1 amide bonds. The molecule has 1 saturated heterocycles. The van der Waals surface area contributed by atoms with Gasteiger partial charge >= 0.3 is 0 Å². The Morgan fingerprint density at radius 2 is 1.79 bits per heavy atom. The molecule has 122 valence electrons. The topological polar surface area (TPSA) is 48.8 Å². The third-order valence-electron chi connectivity index (χ3n) is 4.56. The van der Waals surface area contributed by atoms with Crippen LogP contribution in [0.5, 0.6) is 0 Å². The lowest BCUT2D eigenvalue weighted by Gasteiger charge is -2.26. The minimum absolute atomic E-state index is 0.0000926. The van der Waals surface area contributed by atoms with Crippen molar-refractivity contribution in [1.82, 2.24) is 14.8 Å². The summed E-state index contributed by atoms with van der Waals surface area (Å²) in [7, 11) is 0. The molecule has 2 aromatic rings. The van der Waals surface area contributed by atoms with Gasteiger partial charge in [-0.3, -0.25) is 4.79 Å². The number of carbonyl (C=O) groups excluding carboxylic acids is 1. The predicted octanol–water partition coefficient (Wildman–Crippen LogP) is 2.86. The molecule has 0 N–H and O–H groups in total. The van der Waals surface area contributed by atoms with Gasteiger partial charge in [-0.25, -0.2) is 9.98 Å². The molecule has 1 aromatic heterocycles. The van der Waals surface area contributed by atoms with Gasteiger partial charge in [0, 0.05) is 25.8 Å².